The van der Waals surface area contributed by atoms with E-state index in [1.165, 1.54) is 24.1 Å². The van der Waals surface area contributed by atoms with Crippen molar-refractivity contribution < 1.29 is 29.1 Å². The molecule has 1 unspecified atom stereocenters. The summed E-state index contributed by atoms with van der Waals surface area (Å²) in [6, 6.07) is 9.73. The minimum atomic E-state index is -0.904. The fourth-order valence-electron chi connectivity index (χ4n) is 4.10. The molecule has 1 atom stereocenters. The number of ether oxygens (including phenoxy) is 2. The lowest BCUT2D eigenvalue weighted by Gasteiger charge is -2.34. The van der Waals surface area contributed by atoms with Crippen molar-refractivity contribution in [3.8, 4) is 5.75 Å². The number of nitro groups is 1. The van der Waals surface area contributed by atoms with E-state index in [4.69, 9.17) is 26.2 Å². The summed E-state index contributed by atoms with van der Waals surface area (Å²) in [4.78, 5) is 38.4. The van der Waals surface area contributed by atoms with Crippen molar-refractivity contribution in [1.82, 2.24) is 10.2 Å². The van der Waals surface area contributed by atoms with E-state index in [1.54, 1.807) is 20.8 Å². The normalized spacial score (nSPS) is 14.7. The Morgan fingerprint density at radius 2 is 1.79 bits per heavy atom. The monoisotopic (exact) mass is 548 g/mol. The lowest BCUT2D eigenvalue weighted by atomic mass is 10.0. The second-order valence-corrected chi connectivity index (χ2v) is 10.4. The summed E-state index contributed by atoms with van der Waals surface area (Å²) < 4.78 is 10.8. The van der Waals surface area contributed by atoms with Gasteiger partial charge in [0.1, 0.15) is 11.6 Å². The van der Waals surface area contributed by atoms with Crippen LogP contribution in [0, 0.1) is 10.1 Å². The Balaban J connectivity index is 1.72. The van der Waals surface area contributed by atoms with Crippen LogP contribution in [0.15, 0.2) is 36.4 Å². The van der Waals surface area contributed by atoms with E-state index >= 15 is 0 Å². The molecule has 0 aromatic heterocycles. The third kappa shape index (κ3) is 7.72. The van der Waals surface area contributed by atoms with Crippen LogP contribution in [0.4, 0.5) is 16.2 Å². The molecule has 1 heterocycles. The number of nitrogens with one attached hydrogen (secondary N) is 1. The highest BCUT2D eigenvalue weighted by Crippen LogP contribution is 2.33. The SMILES string of the molecule is COc1cc(CC(NCc2ccc(N3CCN(C(=O)O)CC3)cc2)C(=O)OC(C)(C)C)c(Cl)cc1[N+](=O)[O-]. The van der Waals surface area contributed by atoms with Crippen LogP contribution >= 0.6 is 11.6 Å². The molecule has 206 valence electrons. The lowest BCUT2D eigenvalue weighted by Crippen LogP contribution is -2.48. The lowest BCUT2D eigenvalue weighted by molar-refractivity contribution is -0.385. The van der Waals surface area contributed by atoms with E-state index in [0.717, 1.165) is 11.3 Å². The van der Waals surface area contributed by atoms with Gasteiger partial charge in [-0.25, -0.2) is 4.79 Å². The Hall–Kier alpha value is -3.57. The largest absolute Gasteiger partial charge is 0.490 e. The van der Waals surface area contributed by atoms with Gasteiger partial charge in [0.25, 0.3) is 0 Å². The summed E-state index contributed by atoms with van der Waals surface area (Å²) in [5.74, 6) is -0.420. The number of hydrogen-bond donors (Lipinski definition) is 2. The minimum absolute atomic E-state index is 0.0529. The van der Waals surface area contributed by atoms with E-state index in [1.807, 2.05) is 24.3 Å². The molecule has 0 spiro atoms. The molecule has 2 N–H and O–H groups in total. The molecule has 12 heteroatoms. The number of halogens is 1. The van der Waals surface area contributed by atoms with Crippen molar-refractivity contribution in [3.05, 3.63) is 62.7 Å². The number of piperazine rings is 1. The number of carbonyl (C=O) groups is 2. The molecule has 0 saturated carbocycles. The molecule has 2 aromatic rings. The van der Waals surface area contributed by atoms with Gasteiger partial charge in [-0.05, 0) is 50.1 Å². The van der Waals surface area contributed by atoms with Crippen molar-refractivity contribution in [2.24, 2.45) is 0 Å². The Morgan fingerprint density at radius 1 is 1.16 bits per heavy atom. The zero-order chi connectivity index (χ0) is 28.0. The van der Waals surface area contributed by atoms with Gasteiger partial charge < -0.3 is 29.7 Å². The molecule has 38 heavy (non-hydrogen) atoms. The first kappa shape index (κ1) is 29.0. The molecule has 11 nitrogen and oxygen atoms in total. The topological polar surface area (TPSA) is 134 Å². The van der Waals surface area contributed by atoms with Gasteiger partial charge in [-0.3, -0.25) is 14.9 Å². The standard InChI is InChI=1S/C26H33ClN4O7/c1-26(2,3)38-24(32)21(13-18-14-23(37-4)22(31(35)36)15-20(18)27)28-16-17-5-7-19(8-6-17)29-9-11-30(12-10-29)25(33)34/h5-8,14-15,21,28H,9-13,16H2,1-4H3,(H,33,34). The molecular formula is C26H33ClN4O7. The van der Waals surface area contributed by atoms with E-state index in [2.05, 4.69) is 10.2 Å². The fourth-order valence-corrected chi connectivity index (χ4v) is 4.34. The number of nitro benzene ring substituents is 1. The molecule has 1 aliphatic rings. The van der Waals surface area contributed by atoms with Crippen LogP contribution in [0.25, 0.3) is 0 Å². The third-order valence-corrected chi connectivity index (χ3v) is 6.42. The minimum Gasteiger partial charge on any atom is -0.490 e. The Kier molecular flexibility index (Phi) is 9.40. The zero-order valence-corrected chi connectivity index (χ0v) is 22.7. The summed E-state index contributed by atoms with van der Waals surface area (Å²) in [5, 5.41) is 23.8. The second kappa shape index (κ2) is 12.3. The van der Waals surface area contributed by atoms with Crippen molar-refractivity contribution >= 4 is 35.0 Å². The van der Waals surface area contributed by atoms with E-state index < -0.39 is 28.6 Å². The number of carbonyl (C=O) groups excluding carboxylic acids is 1. The van der Waals surface area contributed by atoms with E-state index in [-0.39, 0.29) is 22.9 Å². The summed E-state index contributed by atoms with van der Waals surface area (Å²) >= 11 is 6.34. The van der Waals surface area contributed by atoms with Crippen LogP contribution < -0.4 is 15.0 Å². The van der Waals surface area contributed by atoms with Gasteiger partial charge in [-0.2, -0.15) is 0 Å². The average molecular weight is 549 g/mol. The molecule has 0 aliphatic carbocycles. The molecule has 2 aromatic carbocycles. The van der Waals surface area contributed by atoms with Crippen LogP contribution in [0.2, 0.25) is 5.02 Å². The molecule has 1 fully saturated rings. The Bertz CT molecular complexity index is 1160. The van der Waals surface area contributed by atoms with Crippen LogP contribution in [0.5, 0.6) is 5.75 Å². The van der Waals surface area contributed by atoms with Gasteiger partial charge in [0.2, 0.25) is 0 Å². The van der Waals surface area contributed by atoms with Gasteiger partial charge in [-0.1, -0.05) is 23.7 Å². The highest BCUT2D eigenvalue weighted by Gasteiger charge is 2.28. The van der Waals surface area contributed by atoms with Crippen molar-refractivity contribution in [2.45, 2.75) is 45.4 Å². The summed E-state index contributed by atoms with van der Waals surface area (Å²) in [6.07, 6.45) is -0.771. The highest BCUT2D eigenvalue weighted by atomic mass is 35.5. The molecular weight excluding hydrogens is 516 g/mol. The molecule has 1 saturated heterocycles. The molecule has 0 radical (unpaired) electrons. The van der Waals surface area contributed by atoms with Crippen LogP contribution in [-0.2, 0) is 22.5 Å². The van der Waals surface area contributed by atoms with Crippen molar-refractivity contribution in [2.75, 3.05) is 38.2 Å². The number of nitrogens with zero attached hydrogens (tertiary/aromatic N) is 3. The van der Waals surface area contributed by atoms with E-state index in [9.17, 15) is 19.7 Å². The number of anilines is 1. The number of hydrogen-bond acceptors (Lipinski definition) is 8. The smallest absolute Gasteiger partial charge is 0.407 e. The number of rotatable bonds is 9. The van der Waals surface area contributed by atoms with Crippen LogP contribution in [-0.4, -0.2) is 71.9 Å². The van der Waals surface area contributed by atoms with Gasteiger partial charge in [-0.15, -0.1) is 0 Å². The first-order chi connectivity index (χ1) is 17.9. The maximum absolute atomic E-state index is 13.0. The van der Waals surface area contributed by atoms with E-state index in [0.29, 0.717) is 38.3 Å². The molecule has 3 rings (SSSR count). The summed E-state index contributed by atoms with van der Waals surface area (Å²) in [5.41, 5.74) is 1.47. The Morgan fingerprint density at radius 3 is 2.32 bits per heavy atom. The second-order valence-electron chi connectivity index (χ2n) is 9.97. The first-order valence-electron chi connectivity index (χ1n) is 12.2. The first-order valence-corrected chi connectivity index (χ1v) is 12.5. The average Bonchev–Trinajstić information content (AvgIpc) is 2.86. The summed E-state index contributed by atoms with van der Waals surface area (Å²) in [6.45, 7) is 7.82. The molecule has 1 aliphatic heterocycles. The highest BCUT2D eigenvalue weighted by molar-refractivity contribution is 6.31. The number of methoxy groups -OCH3 is 1. The number of amides is 1. The predicted molar refractivity (Wildman–Crippen MR) is 143 cm³/mol. The van der Waals surface area contributed by atoms with Gasteiger partial charge in [0, 0.05) is 50.9 Å². The van der Waals surface area contributed by atoms with Crippen LogP contribution in [0.1, 0.15) is 31.9 Å². The molecule has 0 bridgehead atoms. The van der Waals surface area contributed by atoms with Gasteiger partial charge in [0.05, 0.1) is 17.1 Å². The third-order valence-electron chi connectivity index (χ3n) is 6.06. The predicted octanol–water partition coefficient (Wildman–Crippen LogP) is 4.10. The number of carboxylic acid groups (broad SMARTS) is 1. The summed E-state index contributed by atoms with van der Waals surface area (Å²) in [7, 11) is 1.33. The maximum Gasteiger partial charge on any atom is 0.407 e. The van der Waals surface area contributed by atoms with Crippen molar-refractivity contribution in [1.29, 1.82) is 0 Å². The fraction of sp³-hybridized carbons (Fsp3) is 0.462. The number of benzene rings is 2. The quantitative estimate of drug-likeness (QED) is 0.270. The van der Waals surface area contributed by atoms with Gasteiger partial charge in [0.15, 0.2) is 5.75 Å². The molecule has 1 amide bonds. The maximum atomic E-state index is 13.0. The van der Waals surface area contributed by atoms with Gasteiger partial charge >= 0.3 is 17.7 Å². The van der Waals surface area contributed by atoms with Crippen LogP contribution in [0.3, 0.4) is 0 Å². The zero-order valence-electron chi connectivity index (χ0n) is 21.9. The van der Waals surface area contributed by atoms with Crippen molar-refractivity contribution in [3.63, 3.8) is 0 Å². The number of esters is 1. The Labute approximate surface area is 226 Å².